The van der Waals surface area contributed by atoms with Crippen molar-refractivity contribution in [3.05, 3.63) is 0 Å². The monoisotopic (exact) mass is 110 g/mol. The molecule has 0 unspecified atom stereocenters. The molecular weight excluding hydrogens is 99.0 g/mol. The van der Waals surface area contributed by atoms with Crippen LogP contribution >= 0.6 is 0 Å². The predicted molar refractivity (Wildman–Crippen MR) is 25.7 cm³/mol. The van der Waals surface area contributed by atoms with Gasteiger partial charge in [0, 0.05) is 13.7 Å². The van der Waals surface area contributed by atoms with E-state index in [9.17, 15) is 0 Å². The third-order valence-corrected chi connectivity index (χ3v) is 1.10. The van der Waals surface area contributed by atoms with E-state index in [0.29, 0.717) is 0 Å². The smallest absolute Gasteiger partial charge is 1.00 e. The number of rotatable bonds is 2. The van der Waals surface area contributed by atoms with Gasteiger partial charge in [-0.05, 0) is 18.8 Å². The van der Waals surface area contributed by atoms with Gasteiger partial charge >= 0.3 is 29.6 Å². The van der Waals surface area contributed by atoms with Gasteiger partial charge in [0.1, 0.15) is 0 Å². The SMILES string of the molecule is COCC1CC1.[H-].[Na+]. The van der Waals surface area contributed by atoms with Gasteiger partial charge in [-0.15, -0.1) is 0 Å². The van der Waals surface area contributed by atoms with Crippen LogP contribution < -0.4 is 29.6 Å². The van der Waals surface area contributed by atoms with E-state index in [1.54, 1.807) is 7.11 Å². The minimum atomic E-state index is 0. The minimum Gasteiger partial charge on any atom is -1.00 e. The van der Waals surface area contributed by atoms with Crippen molar-refractivity contribution in [2.24, 2.45) is 5.92 Å². The quantitative estimate of drug-likeness (QED) is 0.379. The molecule has 0 bridgehead atoms. The molecule has 0 aromatic carbocycles. The molecule has 0 N–H and O–H groups in total. The van der Waals surface area contributed by atoms with Crippen LogP contribution in [0.15, 0.2) is 0 Å². The molecule has 2 heteroatoms. The van der Waals surface area contributed by atoms with Crippen molar-refractivity contribution < 1.29 is 35.7 Å². The molecule has 0 heterocycles. The molecule has 38 valence electrons. The summed E-state index contributed by atoms with van der Waals surface area (Å²) in [6.07, 6.45) is 2.79. The number of methoxy groups -OCH3 is 1. The first kappa shape index (κ1) is 7.96. The maximum Gasteiger partial charge on any atom is 1.00 e. The van der Waals surface area contributed by atoms with Crippen molar-refractivity contribution in [2.75, 3.05) is 13.7 Å². The van der Waals surface area contributed by atoms with Crippen LogP contribution in [0.25, 0.3) is 0 Å². The van der Waals surface area contributed by atoms with Gasteiger partial charge in [-0.2, -0.15) is 0 Å². The fraction of sp³-hybridized carbons (Fsp3) is 1.00. The molecule has 7 heavy (non-hydrogen) atoms. The number of hydrogen-bond acceptors (Lipinski definition) is 1. The molecule has 1 rings (SSSR count). The van der Waals surface area contributed by atoms with Crippen LogP contribution in [0.4, 0.5) is 0 Å². The van der Waals surface area contributed by atoms with Gasteiger partial charge in [-0.1, -0.05) is 0 Å². The molecule has 1 fully saturated rings. The standard InChI is InChI=1S/C5H10O.Na.H/c1-6-4-5-2-3-5;;/h5H,2-4H2,1H3;;/q;+1;-1. The van der Waals surface area contributed by atoms with E-state index in [1.165, 1.54) is 12.8 Å². The maximum atomic E-state index is 4.87. The van der Waals surface area contributed by atoms with Gasteiger partial charge in [0.15, 0.2) is 0 Å². The van der Waals surface area contributed by atoms with E-state index in [0.717, 1.165) is 12.5 Å². The maximum absolute atomic E-state index is 4.87. The summed E-state index contributed by atoms with van der Waals surface area (Å²) in [5.41, 5.74) is 0. The third kappa shape index (κ3) is 3.53. The summed E-state index contributed by atoms with van der Waals surface area (Å²) in [7, 11) is 1.76. The van der Waals surface area contributed by atoms with E-state index >= 15 is 0 Å². The van der Waals surface area contributed by atoms with Crippen molar-refractivity contribution in [1.29, 1.82) is 0 Å². The Bertz CT molecular complexity index is 47.7. The van der Waals surface area contributed by atoms with Gasteiger partial charge < -0.3 is 6.16 Å². The second-order valence-electron chi connectivity index (χ2n) is 1.90. The summed E-state index contributed by atoms with van der Waals surface area (Å²) in [6, 6.07) is 0. The Kier molecular flexibility index (Phi) is 4.44. The summed E-state index contributed by atoms with van der Waals surface area (Å²) in [5, 5.41) is 0. The first-order chi connectivity index (χ1) is 2.93. The average molecular weight is 110 g/mol. The summed E-state index contributed by atoms with van der Waals surface area (Å²) in [5.74, 6) is 0.926. The Morgan fingerprint density at radius 3 is 2.43 bits per heavy atom. The van der Waals surface area contributed by atoms with Crippen LogP contribution in [0.2, 0.25) is 0 Å². The Balaban J connectivity index is 0. The van der Waals surface area contributed by atoms with E-state index in [-0.39, 0.29) is 31.0 Å². The van der Waals surface area contributed by atoms with Gasteiger partial charge in [-0.25, -0.2) is 0 Å². The van der Waals surface area contributed by atoms with Gasteiger partial charge in [-0.3, -0.25) is 0 Å². The van der Waals surface area contributed by atoms with Gasteiger partial charge in [0.25, 0.3) is 0 Å². The van der Waals surface area contributed by atoms with Crippen molar-refractivity contribution in [3.63, 3.8) is 0 Å². The van der Waals surface area contributed by atoms with Crippen molar-refractivity contribution >= 4 is 0 Å². The largest absolute Gasteiger partial charge is 1.00 e. The Morgan fingerprint density at radius 1 is 1.71 bits per heavy atom. The molecule has 0 amide bonds. The summed E-state index contributed by atoms with van der Waals surface area (Å²) >= 11 is 0. The van der Waals surface area contributed by atoms with Crippen molar-refractivity contribution in [2.45, 2.75) is 12.8 Å². The second-order valence-corrected chi connectivity index (χ2v) is 1.90. The van der Waals surface area contributed by atoms with Crippen LogP contribution in [0.3, 0.4) is 0 Å². The molecule has 1 saturated carbocycles. The van der Waals surface area contributed by atoms with Crippen LogP contribution in [0.5, 0.6) is 0 Å². The average Bonchev–Trinajstić information content (AvgIpc) is 2.21. The summed E-state index contributed by atoms with van der Waals surface area (Å²) in [6.45, 7) is 0.986. The minimum absolute atomic E-state index is 0. The summed E-state index contributed by atoms with van der Waals surface area (Å²) < 4.78 is 4.87. The first-order valence-corrected chi connectivity index (χ1v) is 2.42. The molecule has 0 saturated heterocycles. The molecule has 1 aliphatic rings. The van der Waals surface area contributed by atoms with Crippen molar-refractivity contribution in [1.82, 2.24) is 0 Å². The predicted octanol–water partition coefficient (Wildman–Crippen LogP) is -1.84. The molecular formula is C5H11NaO. The number of hydrogen-bond donors (Lipinski definition) is 0. The molecule has 0 radical (unpaired) electrons. The normalized spacial score (nSPS) is 18.4. The fourth-order valence-corrected chi connectivity index (χ4v) is 0.520. The third-order valence-electron chi connectivity index (χ3n) is 1.10. The zero-order chi connectivity index (χ0) is 4.41. The Morgan fingerprint density at radius 2 is 2.29 bits per heavy atom. The van der Waals surface area contributed by atoms with Gasteiger partial charge in [0.05, 0.1) is 0 Å². The molecule has 0 aliphatic heterocycles. The molecule has 1 nitrogen and oxygen atoms in total. The molecule has 0 aromatic rings. The Hall–Kier alpha value is 0.960. The molecule has 0 atom stereocenters. The van der Waals surface area contributed by atoms with Gasteiger partial charge in [0.2, 0.25) is 0 Å². The first-order valence-electron chi connectivity index (χ1n) is 2.42. The second kappa shape index (κ2) is 3.90. The number of ether oxygens (including phenoxy) is 1. The van der Waals surface area contributed by atoms with Crippen LogP contribution in [0, 0.1) is 5.92 Å². The van der Waals surface area contributed by atoms with Crippen molar-refractivity contribution in [3.8, 4) is 0 Å². The molecule has 0 spiro atoms. The van der Waals surface area contributed by atoms with Crippen LogP contribution in [0.1, 0.15) is 14.3 Å². The van der Waals surface area contributed by atoms with E-state index in [4.69, 9.17) is 4.74 Å². The fourth-order valence-electron chi connectivity index (χ4n) is 0.520. The molecule has 1 aliphatic carbocycles. The van der Waals surface area contributed by atoms with E-state index in [1.807, 2.05) is 0 Å². The van der Waals surface area contributed by atoms with E-state index < -0.39 is 0 Å². The van der Waals surface area contributed by atoms with E-state index in [2.05, 4.69) is 0 Å². The Labute approximate surface area is 68.2 Å². The molecule has 0 aromatic heterocycles. The zero-order valence-electron chi connectivity index (χ0n) is 6.11. The van der Waals surface area contributed by atoms with Crippen LogP contribution in [-0.2, 0) is 4.74 Å². The topological polar surface area (TPSA) is 9.23 Å². The zero-order valence-corrected chi connectivity index (χ0v) is 7.11. The summed E-state index contributed by atoms with van der Waals surface area (Å²) in [4.78, 5) is 0. The van der Waals surface area contributed by atoms with Crippen LogP contribution in [-0.4, -0.2) is 13.7 Å².